The first-order valence-corrected chi connectivity index (χ1v) is 11.3. The lowest BCUT2D eigenvalue weighted by atomic mass is 9.84. The van der Waals surface area contributed by atoms with Gasteiger partial charge in [0, 0.05) is 41.9 Å². The minimum absolute atomic E-state index is 0.0979. The molecule has 7 nitrogen and oxygen atoms in total. The molecular formula is C25H24FN5O2. The van der Waals surface area contributed by atoms with Gasteiger partial charge >= 0.3 is 0 Å². The molecule has 2 N–H and O–H groups in total. The fourth-order valence-electron chi connectivity index (χ4n) is 5.03. The molecule has 0 unspecified atom stereocenters. The summed E-state index contributed by atoms with van der Waals surface area (Å²) in [5.41, 5.74) is 3.83. The van der Waals surface area contributed by atoms with Gasteiger partial charge in [0.25, 0.3) is 0 Å². The lowest BCUT2D eigenvalue weighted by Gasteiger charge is -2.42. The molecular weight excluding hydrogens is 421 g/mol. The normalized spacial score (nSPS) is 24.6. The minimum Gasteiger partial charge on any atom is -0.507 e. The maximum absolute atomic E-state index is 14.8. The predicted octanol–water partition coefficient (Wildman–Crippen LogP) is 4.16. The molecule has 168 valence electrons. The number of aromatic hydroxyl groups is 1. The molecule has 33 heavy (non-hydrogen) atoms. The smallest absolute Gasteiger partial charge is 0.233 e. The quantitative estimate of drug-likeness (QED) is 0.491. The molecule has 0 spiro atoms. The van der Waals surface area contributed by atoms with Crippen LogP contribution in [0, 0.1) is 0 Å². The first kappa shape index (κ1) is 20.1. The number of ether oxygens (including phenoxy) is 1. The van der Waals surface area contributed by atoms with E-state index in [1.165, 1.54) is 0 Å². The molecule has 0 aliphatic carbocycles. The van der Waals surface area contributed by atoms with Crippen molar-refractivity contribution in [1.82, 2.24) is 25.1 Å². The van der Waals surface area contributed by atoms with Crippen molar-refractivity contribution in [3.05, 3.63) is 60.9 Å². The summed E-state index contributed by atoms with van der Waals surface area (Å²) in [5, 5.41) is 26.8. The van der Waals surface area contributed by atoms with Crippen LogP contribution in [0.2, 0.25) is 0 Å². The van der Waals surface area contributed by atoms with E-state index in [2.05, 4.69) is 20.6 Å². The van der Waals surface area contributed by atoms with E-state index in [-0.39, 0.29) is 11.8 Å². The molecule has 2 aliphatic heterocycles. The van der Waals surface area contributed by atoms with E-state index in [1.807, 2.05) is 36.5 Å². The third-order valence-corrected chi connectivity index (χ3v) is 6.70. The average molecular weight is 445 g/mol. The molecule has 1 aromatic carbocycles. The predicted molar refractivity (Wildman–Crippen MR) is 122 cm³/mol. The molecule has 5 heterocycles. The van der Waals surface area contributed by atoms with E-state index < -0.39 is 12.3 Å². The second-order valence-electron chi connectivity index (χ2n) is 8.81. The Morgan fingerprint density at radius 2 is 2.00 bits per heavy atom. The second kappa shape index (κ2) is 8.12. The maximum atomic E-state index is 14.8. The van der Waals surface area contributed by atoms with E-state index in [4.69, 9.17) is 4.74 Å². The van der Waals surface area contributed by atoms with Crippen molar-refractivity contribution >= 4 is 5.52 Å². The Kier molecular flexibility index (Phi) is 4.95. The summed E-state index contributed by atoms with van der Waals surface area (Å²) < 4.78 is 22.4. The van der Waals surface area contributed by atoms with E-state index in [1.54, 1.807) is 28.9 Å². The van der Waals surface area contributed by atoms with Crippen molar-refractivity contribution in [3.8, 4) is 34.0 Å². The summed E-state index contributed by atoms with van der Waals surface area (Å²) in [7, 11) is 0. The fourth-order valence-corrected chi connectivity index (χ4v) is 5.03. The average Bonchev–Trinajstić information content (AvgIpc) is 3.27. The van der Waals surface area contributed by atoms with Crippen LogP contribution in [0.4, 0.5) is 4.39 Å². The van der Waals surface area contributed by atoms with Gasteiger partial charge in [0.1, 0.15) is 11.9 Å². The third kappa shape index (κ3) is 3.70. The van der Waals surface area contributed by atoms with Gasteiger partial charge < -0.3 is 15.2 Å². The van der Waals surface area contributed by atoms with Crippen LogP contribution in [0.1, 0.15) is 25.7 Å². The molecule has 4 aromatic rings. The van der Waals surface area contributed by atoms with Gasteiger partial charge in [0.15, 0.2) is 6.17 Å². The number of piperidine rings is 2. The fraction of sp³-hybridized carbons (Fsp3) is 0.320. The lowest BCUT2D eigenvalue weighted by molar-refractivity contribution is 0.00652. The molecule has 3 aromatic heterocycles. The van der Waals surface area contributed by atoms with Gasteiger partial charge in [-0.05, 0) is 48.7 Å². The third-order valence-electron chi connectivity index (χ3n) is 6.70. The number of phenolic OH excluding ortho intramolecular Hbond substituents is 1. The monoisotopic (exact) mass is 445 g/mol. The van der Waals surface area contributed by atoms with Gasteiger partial charge in [-0.15, -0.1) is 10.2 Å². The Bertz CT molecular complexity index is 1290. The minimum atomic E-state index is -1.06. The van der Waals surface area contributed by atoms with Gasteiger partial charge in [0.05, 0.1) is 17.4 Å². The molecule has 8 heteroatoms. The molecule has 4 atom stereocenters. The largest absolute Gasteiger partial charge is 0.507 e. The highest BCUT2D eigenvalue weighted by Crippen LogP contribution is 2.35. The van der Waals surface area contributed by atoms with Crippen LogP contribution in [0.25, 0.3) is 27.9 Å². The summed E-state index contributed by atoms with van der Waals surface area (Å²) in [6.45, 7) is 0. The Morgan fingerprint density at radius 3 is 2.85 bits per heavy atom. The number of hydrogen-bond acceptors (Lipinski definition) is 6. The van der Waals surface area contributed by atoms with E-state index in [0.717, 1.165) is 35.9 Å². The van der Waals surface area contributed by atoms with E-state index in [9.17, 15) is 9.50 Å². The molecule has 0 amide bonds. The van der Waals surface area contributed by atoms with Gasteiger partial charge in [0.2, 0.25) is 5.88 Å². The highest BCUT2D eigenvalue weighted by atomic mass is 19.1. The number of benzene rings is 1. The van der Waals surface area contributed by atoms with Crippen molar-refractivity contribution in [2.45, 2.75) is 50.0 Å². The number of nitrogens with zero attached hydrogens (tertiary/aromatic N) is 4. The molecule has 0 radical (unpaired) electrons. The number of alkyl halides is 1. The first-order valence-electron chi connectivity index (χ1n) is 11.3. The Balaban J connectivity index is 1.21. The number of hydrogen-bond donors (Lipinski definition) is 2. The van der Waals surface area contributed by atoms with Crippen LogP contribution in [0.15, 0.2) is 60.9 Å². The summed E-state index contributed by atoms with van der Waals surface area (Å²) >= 11 is 0. The molecule has 2 aliphatic rings. The number of fused-ring (bicyclic) bond motifs is 3. The van der Waals surface area contributed by atoms with Crippen LogP contribution >= 0.6 is 0 Å². The van der Waals surface area contributed by atoms with Crippen LogP contribution in [-0.2, 0) is 0 Å². The van der Waals surface area contributed by atoms with Gasteiger partial charge in [-0.1, -0.05) is 18.6 Å². The highest BCUT2D eigenvalue weighted by molar-refractivity contribution is 5.82. The van der Waals surface area contributed by atoms with Crippen molar-refractivity contribution in [2.75, 3.05) is 0 Å². The van der Waals surface area contributed by atoms with Crippen LogP contribution in [-0.4, -0.2) is 49.3 Å². The zero-order chi connectivity index (χ0) is 22.4. The number of nitrogens with one attached hydrogen (secondary N) is 1. The zero-order valence-electron chi connectivity index (χ0n) is 17.9. The van der Waals surface area contributed by atoms with Crippen LogP contribution < -0.4 is 10.1 Å². The number of rotatable bonds is 4. The number of aromatic nitrogens is 4. The van der Waals surface area contributed by atoms with E-state index in [0.29, 0.717) is 29.6 Å². The molecule has 0 saturated carbocycles. The first-order chi connectivity index (χ1) is 16.2. The molecule has 2 fully saturated rings. The topological polar surface area (TPSA) is 84.6 Å². The molecule has 2 bridgehead atoms. The lowest BCUT2D eigenvalue weighted by Crippen LogP contribution is -2.59. The number of halogens is 1. The SMILES string of the molecule is Oc1cc(-c2cnn3ccccc23)ccc1-c1ccc(O[C@@H]2C[C@H]3CCC[C@H](N3)[C@@H]2F)nn1. The standard InChI is InChI=1S/C25H24FN5O2/c26-25-20-5-3-4-16(28-20)13-23(25)33-24-10-9-19(29-30-24)17-8-7-15(12-22(17)32)18-14-27-31-11-2-1-6-21(18)31/h1-2,6-12,14,16,20,23,25,28,32H,3-5,13H2/t16-,20+,23-,25+/m1/s1. The van der Waals surface area contributed by atoms with Gasteiger partial charge in [-0.2, -0.15) is 5.10 Å². The second-order valence-corrected chi connectivity index (χ2v) is 8.81. The summed E-state index contributed by atoms with van der Waals surface area (Å²) in [6.07, 6.45) is 5.68. The van der Waals surface area contributed by atoms with Gasteiger partial charge in [-0.25, -0.2) is 8.91 Å². The Labute approximate surface area is 190 Å². The van der Waals surface area contributed by atoms with Crippen molar-refractivity contribution in [3.63, 3.8) is 0 Å². The van der Waals surface area contributed by atoms with Gasteiger partial charge in [-0.3, -0.25) is 0 Å². The Morgan fingerprint density at radius 1 is 1.06 bits per heavy atom. The summed E-state index contributed by atoms with van der Waals surface area (Å²) in [5.74, 6) is 0.398. The molecule has 6 rings (SSSR count). The van der Waals surface area contributed by atoms with Crippen molar-refractivity contribution < 1.29 is 14.2 Å². The number of phenols is 1. The highest BCUT2D eigenvalue weighted by Gasteiger charge is 2.41. The zero-order valence-corrected chi connectivity index (χ0v) is 17.9. The summed E-state index contributed by atoms with van der Waals surface area (Å²) in [6, 6.07) is 14.9. The maximum Gasteiger partial charge on any atom is 0.233 e. The van der Waals surface area contributed by atoms with Crippen molar-refractivity contribution in [1.29, 1.82) is 0 Å². The molecule has 2 saturated heterocycles. The van der Waals surface area contributed by atoms with Crippen LogP contribution in [0.5, 0.6) is 11.6 Å². The van der Waals surface area contributed by atoms with E-state index >= 15 is 0 Å². The summed E-state index contributed by atoms with van der Waals surface area (Å²) in [4.78, 5) is 0. The van der Waals surface area contributed by atoms with Crippen molar-refractivity contribution in [2.24, 2.45) is 0 Å². The van der Waals surface area contributed by atoms with Crippen LogP contribution in [0.3, 0.4) is 0 Å². The number of pyridine rings is 1. The Hall–Kier alpha value is -3.52.